The molecule has 1 rings (SSSR count). The molecule has 3 heteroatoms. The first-order chi connectivity index (χ1) is 7.24. The van der Waals surface area contributed by atoms with E-state index in [2.05, 4.69) is 18.3 Å². The van der Waals surface area contributed by atoms with Crippen molar-refractivity contribution < 1.29 is 0 Å². The molecule has 1 aromatic rings. The fraction of sp³-hybridized carbons (Fsp3) is 0.333. The van der Waals surface area contributed by atoms with E-state index in [1.165, 1.54) is 5.56 Å². The topological polar surface area (TPSA) is 12.0 Å². The van der Waals surface area contributed by atoms with Gasteiger partial charge in [-0.05, 0) is 24.6 Å². The number of halogens is 2. The SMILES string of the molecule is C[C@@H](NC/C=C/CCl)c1cccc(Cl)c1. The summed E-state index contributed by atoms with van der Waals surface area (Å²) in [5.74, 6) is 0.563. The Morgan fingerprint density at radius 1 is 1.40 bits per heavy atom. The molecule has 1 aromatic carbocycles. The van der Waals surface area contributed by atoms with Crippen LogP contribution in [0.1, 0.15) is 18.5 Å². The molecule has 0 aromatic heterocycles. The lowest BCUT2D eigenvalue weighted by Gasteiger charge is -2.12. The van der Waals surface area contributed by atoms with Gasteiger partial charge in [0, 0.05) is 23.5 Å². The highest BCUT2D eigenvalue weighted by Gasteiger charge is 2.02. The van der Waals surface area contributed by atoms with Gasteiger partial charge in [0.15, 0.2) is 0 Å². The minimum Gasteiger partial charge on any atom is -0.307 e. The summed E-state index contributed by atoms with van der Waals surface area (Å²) in [7, 11) is 0. The Morgan fingerprint density at radius 3 is 2.87 bits per heavy atom. The van der Waals surface area contributed by atoms with Gasteiger partial charge in [0.1, 0.15) is 0 Å². The third-order valence-electron chi connectivity index (χ3n) is 2.15. The number of allylic oxidation sites excluding steroid dienone is 1. The molecule has 0 amide bonds. The predicted octanol–water partition coefficient (Wildman–Crippen LogP) is 3.79. The second kappa shape index (κ2) is 6.89. The highest BCUT2D eigenvalue weighted by molar-refractivity contribution is 6.30. The zero-order valence-electron chi connectivity index (χ0n) is 8.71. The Bertz CT molecular complexity index is 323. The van der Waals surface area contributed by atoms with Crippen molar-refractivity contribution in [1.82, 2.24) is 5.32 Å². The number of benzene rings is 1. The number of hydrogen-bond donors (Lipinski definition) is 1. The first kappa shape index (κ1) is 12.6. The molecule has 0 unspecified atom stereocenters. The minimum absolute atomic E-state index is 0.295. The summed E-state index contributed by atoms with van der Waals surface area (Å²) in [6.07, 6.45) is 3.95. The van der Waals surface area contributed by atoms with Crippen molar-refractivity contribution in [3.63, 3.8) is 0 Å². The number of hydrogen-bond acceptors (Lipinski definition) is 1. The highest BCUT2D eigenvalue weighted by Crippen LogP contribution is 2.16. The Balaban J connectivity index is 2.46. The van der Waals surface area contributed by atoms with Crippen molar-refractivity contribution in [2.45, 2.75) is 13.0 Å². The normalized spacial score (nSPS) is 13.3. The van der Waals surface area contributed by atoms with Crippen LogP contribution in [0.2, 0.25) is 5.02 Å². The predicted molar refractivity (Wildman–Crippen MR) is 67.7 cm³/mol. The van der Waals surface area contributed by atoms with E-state index in [1.54, 1.807) is 0 Å². The summed E-state index contributed by atoms with van der Waals surface area (Å²) in [5.41, 5.74) is 1.20. The van der Waals surface area contributed by atoms with E-state index in [0.29, 0.717) is 11.9 Å². The lowest BCUT2D eigenvalue weighted by molar-refractivity contribution is 0.617. The third-order valence-corrected chi connectivity index (χ3v) is 2.56. The molecule has 0 fully saturated rings. The Kier molecular flexibility index (Phi) is 5.77. The standard InChI is InChI=1S/C12H15Cl2N/c1-10(15-8-3-2-7-13)11-5-4-6-12(14)9-11/h2-6,9-10,15H,7-8H2,1H3/b3-2+/t10-/m1/s1. The first-order valence-electron chi connectivity index (χ1n) is 4.94. The zero-order chi connectivity index (χ0) is 11.1. The van der Waals surface area contributed by atoms with Crippen molar-refractivity contribution in [3.05, 3.63) is 47.0 Å². The van der Waals surface area contributed by atoms with Gasteiger partial charge in [0.05, 0.1) is 0 Å². The molecule has 0 radical (unpaired) electrons. The lowest BCUT2D eigenvalue weighted by Crippen LogP contribution is -2.18. The van der Waals surface area contributed by atoms with Gasteiger partial charge in [-0.3, -0.25) is 0 Å². The van der Waals surface area contributed by atoms with Crippen molar-refractivity contribution in [2.75, 3.05) is 12.4 Å². The van der Waals surface area contributed by atoms with Gasteiger partial charge in [0.25, 0.3) is 0 Å². The molecule has 0 saturated heterocycles. The van der Waals surface area contributed by atoms with E-state index in [0.717, 1.165) is 11.6 Å². The van der Waals surface area contributed by atoms with E-state index < -0.39 is 0 Å². The van der Waals surface area contributed by atoms with Gasteiger partial charge in [-0.15, -0.1) is 11.6 Å². The molecule has 1 nitrogen and oxygen atoms in total. The Hall–Kier alpha value is -0.500. The van der Waals surface area contributed by atoms with E-state index >= 15 is 0 Å². The highest BCUT2D eigenvalue weighted by atomic mass is 35.5. The smallest absolute Gasteiger partial charge is 0.0409 e. The van der Waals surface area contributed by atoms with Crippen molar-refractivity contribution >= 4 is 23.2 Å². The van der Waals surface area contributed by atoms with Gasteiger partial charge in [-0.2, -0.15) is 0 Å². The van der Waals surface area contributed by atoms with Crippen LogP contribution >= 0.6 is 23.2 Å². The van der Waals surface area contributed by atoms with Crippen LogP contribution in [0.25, 0.3) is 0 Å². The molecular weight excluding hydrogens is 229 g/mol. The van der Waals surface area contributed by atoms with Crippen LogP contribution in [-0.4, -0.2) is 12.4 Å². The molecule has 1 N–H and O–H groups in total. The van der Waals surface area contributed by atoms with Crippen LogP contribution < -0.4 is 5.32 Å². The van der Waals surface area contributed by atoms with E-state index in [9.17, 15) is 0 Å². The fourth-order valence-electron chi connectivity index (χ4n) is 1.28. The second-order valence-corrected chi connectivity index (χ2v) is 4.06. The van der Waals surface area contributed by atoms with Crippen LogP contribution in [0.15, 0.2) is 36.4 Å². The fourth-order valence-corrected chi connectivity index (χ4v) is 1.61. The van der Waals surface area contributed by atoms with Gasteiger partial charge in [-0.1, -0.05) is 35.9 Å². The van der Waals surface area contributed by atoms with Crippen molar-refractivity contribution in [1.29, 1.82) is 0 Å². The van der Waals surface area contributed by atoms with Gasteiger partial charge < -0.3 is 5.32 Å². The van der Waals surface area contributed by atoms with Gasteiger partial charge in [-0.25, -0.2) is 0 Å². The molecule has 1 atom stereocenters. The maximum atomic E-state index is 5.91. The molecular formula is C12H15Cl2N. The molecule has 0 aliphatic rings. The summed E-state index contributed by atoms with van der Waals surface area (Å²) in [6, 6.07) is 8.18. The molecule has 0 heterocycles. The molecule has 82 valence electrons. The molecule has 0 aliphatic carbocycles. The van der Waals surface area contributed by atoms with Gasteiger partial charge in [0.2, 0.25) is 0 Å². The van der Waals surface area contributed by atoms with Crippen LogP contribution in [0.3, 0.4) is 0 Å². The van der Waals surface area contributed by atoms with E-state index in [4.69, 9.17) is 23.2 Å². The average molecular weight is 244 g/mol. The van der Waals surface area contributed by atoms with E-state index in [1.807, 2.05) is 30.4 Å². The number of alkyl halides is 1. The summed E-state index contributed by atoms with van der Waals surface area (Å²) < 4.78 is 0. The summed E-state index contributed by atoms with van der Waals surface area (Å²) in [5, 5.41) is 4.13. The van der Waals surface area contributed by atoms with Crippen LogP contribution in [0.5, 0.6) is 0 Å². The van der Waals surface area contributed by atoms with Crippen molar-refractivity contribution in [2.24, 2.45) is 0 Å². The second-order valence-electron chi connectivity index (χ2n) is 3.31. The van der Waals surface area contributed by atoms with Gasteiger partial charge >= 0.3 is 0 Å². The minimum atomic E-state index is 0.295. The summed E-state index contributed by atoms with van der Waals surface area (Å²) in [4.78, 5) is 0. The summed E-state index contributed by atoms with van der Waals surface area (Å²) in [6.45, 7) is 2.93. The van der Waals surface area contributed by atoms with Crippen LogP contribution in [-0.2, 0) is 0 Å². The first-order valence-corrected chi connectivity index (χ1v) is 5.85. The molecule has 0 aliphatic heterocycles. The summed E-state index contributed by atoms with van der Waals surface area (Å²) >= 11 is 11.4. The largest absolute Gasteiger partial charge is 0.307 e. The molecule has 0 spiro atoms. The Morgan fingerprint density at radius 2 is 2.20 bits per heavy atom. The molecule has 0 saturated carbocycles. The monoisotopic (exact) mass is 243 g/mol. The maximum absolute atomic E-state index is 5.91. The maximum Gasteiger partial charge on any atom is 0.0409 e. The zero-order valence-corrected chi connectivity index (χ0v) is 10.2. The third kappa shape index (κ3) is 4.70. The van der Waals surface area contributed by atoms with Crippen LogP contribution in [0.4, 0.5) is 0 Å². The molecule has 0 bridgehead atoms. The average Bonchev–Trinajstić information content (AvgIpc) is 2.24. The number of nitrogens with one attached hydrogen (secondary N) is 1. The molecule has 15 heavy (non-hydrogen) atoms. The lowest BCUT2D eigenvalue weighted by atomic mass is 10.1. The Labute approximate surface area is 101 Å². The van der Waals surface area contributed by atoms with Crippen LogP contribution in [0, 0.1) is 0 Å². The number of rotatable bonds is 5. The van der Waals surface area contributed by atoms with Crippen molar-refractivity contribution in [3.8, 4) is 0 Å². The quantitative estimate of drug-likeness (QED) is 0.613. The van der Waals surface area contributed by atoms with E-state index in [-0.39, 0.29) is 0 Å².